The zero-order valence-electron chi connectivity index (χ0n) is 18.4. The first-order chi connectivity index (χ1) is 16.8. The summed E-state index contributed by atoms with van der Waals surface area (Å²) in [6.45, 7) is -1.01. The first-order valence-electron chi connectivity index (χ1n) is 9.83. The highest BCUT2D eigenvalue weighted by Crippen LogP contribution is 2.64. The summed E-state index contributed by atoms with van der Waals surface area (Å²) >= 11 is 1.03. The molecule has 0 heterocycles. The molecule has 0 atom stereocenters. The van der Waals surface area contributed by atoms with Gasteiger partial charge in [0.05, 0.1) is 6.61 Å². The summed E-state index contributed by atoms with van der Waals surface area (Å²) in [5.41, 5.74) is 0. The summed E-state index contributed by atoms with van der Waals surface area (Å²) in [7, 11) is 0. The van der Waals surface area contributed by atoms with Gasteiger partial charge in [0.25, 0.3) is 0 Å². The van der Waals surface area contributed by atoms with Gasteiger partial charge in [0.2, 0.25) is 0 Å². The molecule has 1 rings (SSSR count). The van der Waals surface area contributed by atoms with Crippen molar-refractivity contribution < 1.29 is 80.7 Å². The fourth-order valence-electron chi connectivity index (χ4n) is 2.47. The maximum Gasteiger partial charge on any atom is 0.460 e. The Bertz CT molecular complexity index is 930. The van der Waals surface area contributed by atoms with Gasteiger partial charge in [-0.1, -0.05) is 0 Å². The van der Waals surface area contributed by atoms with Crippen molar-refractivity contribution in [1.29, 1.82) is 0 Å². The lowest BCUT2D eigenvalue weighted by Gasteiger charge is -2.42. The van der Waals surface area contributed by atoms with Gasteiger partial charge < -0.3 is 4.74 Å². The molecule has 0 amide bonds. The second kappa shape index (κ2) is 10.1. The van der Waals surface area contributed by atoms with Crippen LogP contribution in [0.4, 0.5) is 74.6 Å². The van der Waals surface area contributed by atoms with Crippen LogP contribution in [0, 0.1) is 0 Å². The Hall–Kier alpha value is -1.82. The van der Waals surface area contributed by atoms with Crippen molar-refractivity contribution in [1.82, 2.24) is 0 Å². The molecule has 1 aromatic carbocycles. The van der Waals surface area contributed by atoms with Crippen molar-refractivity contribution in [2.75, 3.05) is 12.8 Å². The van der Waals surface area contributed by atoms with Crippen LogP contribution in [0.3, 0.4) is 0 Å². The minimum atomic E-state index is -8.63. The van der Waals surface area contributed by atoms with Gasteiger partial charge in [-0.15, -0.1) is 11.8 Å². The van der Waals surface area contributed by atoms with Crippen molar-refractivity contribution in [2.45, 2.75) is 65.4 Å². The molecular formula is C18H13F17OS. The van der Waals surface area contributed by atoms with Gasteiger partial charge in [0, 0.05) is 12.7 Å². The Balaban J connectivity index is 3.16. The highest BCUT2D eigenvalue weighted by atomic mass is 32.2. The lowest BCUT2D eigenvalue weighted by atomic mass is 9.88. The van der Waals surface area contributed by atoms with Crippen LogP contribution in [0.1, 0.15) is 14.2 Å². The normalized spacial score (nSPS) is 15.5. The summed E-state index contributed by atoms with van der Waals surface area (Å²) in [5, 5.41) is 0. The standard InChI is InChI=1S/C18H13F17OS/c1-37-10-5-3-9(4-6-10)36-8-2-7-11(19,20)12(21,22)13(23,24)14(25,26)15(27,28)16(29,30)17(31,32)18(33,34)35/h3-6H,2,7-8H2,1H3/i1+1D. The van der Waals surface area contributed by atoms with Crippen molar-refractivity contribution in [3.8, 4) is 5.75 Å². The molecule has 0 spiro atoms. The Morgan fingerprint density at radius 3 is 1.43 bits per heavy atom. The Labute approximate surface area is 201 Å². The highest BCUT2D eigenvalue weighted by Gasteiger charge is 2.95. The summed E-state index contributed by atoms with van der Waals surface area (Å²) in [4.78, 5) is 0.525. The van der Waals surface area contributed by atoms with E-state index >= 15 is 0 Å². The lowest BCUT2D eigenvalue weighted by Crippen LogP contribution is -2.74. The van der Waals surface area contributed by atoms with E-state index < -0.39 is 67.1 Å². The number of rotatable bonds is 12. The molecule has 0 fully saturated rings. The number of hydrogen-bond donors (Lipinski definition) is 0. The van der Waals surface area contributed by atoms with E-state index in [-0.39, 0.29) is 12.0 Å². The van der Waals surface area contributed by atoms with Crippen LogP contribution in [0.15, 0.2) is 29.2 Å². The van der Waals surface area contributed by atoms with Gasteiger partial charge in [-0.3, -0.25) is 0 Å². The van der Waals surface area contributed by atoms with Crippen LogP contribution in [-0.4, -0.2) is 60.5 Å². The number of halogens is 17. The van der Waals surface area contributed by atoms with Crippen molar-refractivity contribution >= 4 is 11.8 Å². The smallest absolute Gasteiger partial charge is 0.460 e. The second-order valence-corrected chi connectivity index (χ2v) is 7.98. The first kappa shape index (κ1) is 31.4. The zero-order chi connectivity index (χ0) is 30.2. The first-order valence-corrected chi connectivity index (χ1v) is 10.1. The monoisotopic (exact) mass is 602 g/mol. The largest absolute Gasteiger partial charge is 0.494 e. The zero-order valence-corrected chi connectivity index (χ0v) is 18.2. The van der Waals surface area contributed by atoms with Gasteiger partial charge in [0.1, 0.15) is 5.75 Å². The number of thioether (sulfide) groups is 1. The molecule has 0 aliphatic heterocycles. The van der Waals surface area contributed by atoms with E-state index in [9.17, 15) is 74.6 Å². The number of benzene rings is 1. The number of ether oxygens (including phenoxy) is 1. The molecule has 0 aliphatic carbocycles. The molecular weight excluding hydrogens is 588 g/mol. The quantitative estimate of drug-likeness (QED) is 0.103. The van der Waals surface area contributed by atoms with Crippen LogP contribution in [0.5, 0.6) is 5.75 Å². The average Bonchev–Trinajstić information content (AvgIpc) is 2.76. The van der Waals surface area contributed by atoms with Crippen LogP contribution in [0.25, 0.3) is 0 Å². The third-order valence-electron chi connectivity index (χ3n) is 4.68. The fraction of sp³-hybridized carbons (Fsp3) is 0.667. The van der Waals surface area contributed by atoms with Gasteiger partial charge in [-0.2, -0.15) is 74.6 Å². The SMILES string of the molecule is [2H][13CH2]Sc1ccc(OCCCC(F)(F)C(F)(F)C(F)(F)C(F)(F)C(F)(F)C(F)(F)C(F)(F)C(F)(F)F)cc1. The van der Waals surface area contributed by atoms with E-state index in [0.29, 0.717) is 4.90 Å². The summed E-state index contributed by atoms with van der Waals surface area (Å²) in [5.74, 6) is -56.4. The third kappa shape index (κ3) is 5.37. The van der Waals surface area contributed by atoms with E-state index in [1.165, 1.54) is 24.3 Å². The molecule has 0 saturated heterocycles. The molecule has 1 aromatic rings. The molecule has 0 radical (unpaired) electrons. The second-order valence-electron chi connectivity index (χ2n) is 7.22. The van der Waals surface area contributed by atoms with E-state index in [1.54, 1.807) is 0 Å². The van der Waals surface area contributed by atoms with E-state index in [0.717, 1.165) is 11.8 Å². The van der Waals surface area contributed by atoms with Crippen molar-refractivity contribution in [3.63, 3.8) is 0 Å². The topological polar surface area (TPSA) is 9.23 Å². The summed E-state index contributed by atoms with van der Waals surface area (Å²) in [6, 6.07) is 5.05. The van der Waals surface area contributed by atoms with Crippen LogP contribution in [-0.2, 0) is 0 Å². The molecule has 1 nitrogen and oxygen atoms in total. The summed E-state index contributed by atoms with van der Waals surface area (Å²) in [6.07, 6.45) is -11.8. The van der Waals surface area contributed by atoms with Crippen LogP contribution in [0.2, 0.25) is 0 Å². The highest BCUT2D eigenvalue weighted by molar-refractivity contribution is 7.98. The summed E-state index contributed by atoms with van der Waals surface area (Å²) < 4.78 is 236. The Morgan fingerprint density at radius 2 is 1.03 bits per heavy atom. The molecule has 0 saturated carbocycles. The van der Waals surface area contributed by atoms with Crippen molar-refractivity contribution in [3.05, 3.63) is 24.3 Å². The maximum absolute atomic E-state index is 13.8. The van der Waals surface area contributed by atoms with E-state index in [1.807, 2.05) is 0 Å². The molecule has 0 bridgehead atoms. The van der Waals surface area contributed by atoms with Crippen LogP contribution >= 0.6 is 11.8 Å². The van der Waals surface area contributed by atoms with Gasteiger partial charge in [0.15, 0.2) is 0 Å². The van der Waals surface area contributed by atoms with E-state index in [4.69, 9.17) is 6.11 Å². The molecule has 0 aromatic heterocycles. The Kier molecular flexibility index (Phi) is 8.53. The molecule has 19 heteroatoms. The predicted molar refractivity (Wildman–Crippen MR) is 93.6 cm³/mol. The molecule has 0 aliphatic rings. The van der Waals surface area contributed by atoms with Gasteiger partial charge in [-0.25, -0.2) is 0 Å². The van der Waals surface area contributed by atoms with Gasteiger partial charge in [-0.05, 0) is 36.9 Å². The molecule has 37 heavy (non-hydrogen) atoms. The third-order valence-corrected chi connectivity index (χ3v) is 5.29. The average molecular weight is 602 g/mol. The predicted octanol–water partition coefficient (Wildman–Crippen LogP) is 8.58. The molecule has 0 unspecified atom stereocenters. The molecule has 0 N–H and O–H groups in total. The number of hydrogen-bond acceptors (Lipinski definition) is 2. The van der Waals surface area contributed by atoms with Gasteiger partial charge >= 0.3 is 47.6 Å². The lowest BCUT2D eigenvalue weighted by molar-refractivity contribution is -0.461. The Morgan fingerprint density at radius 1 is 0.622 bits per heavy atom. The number of alkyl halides is 17. The fourth-order valence-corrected chi connectivity index (χ4v) is 2.80. The van der Waals surface area contributed by atoms with E-state index in [2.05, 4.69) is 0 Å². The molecule has 216 valence electrons. The minimum Gasteiger partial charge on any atom is -0.494 e. The minimum absolute atomic E-state index is 0.0957. The van der Waals surface area contributed by atoms with Crippen LogP contribution < -0.4 is 4.74 Å². The van der Waals surface area contributed by atoms with Crippen molar-refractivity contribution in [2.24, 2.45) is 0 Å². The maximum atomic E-state index is 13.8.